The normalized spacial score (nSPS) is 19.7. The van der Waals surface area contributed by atoms with Crippen molar-refractivity contribution in [1.29, 1.82) is 0 Å². The minimum absolute atomic E-state index is 0.472. The van der Waals surface area contributed by atoms with Gasteiger partial charge < -0.3 is 5.32 Å². The van der Waals surface area contributed by atoms with Crippen molar-refractivity contribution in [2.45, 2.75) is 44.6 Å². The van der Waals surface area contributed by atoms with Crippen molar-refractivity contribution in [3.05, 3.63) is 76.4 Å². The molecule has 1 atom stereocenters. The van der Waals surface area contributed by atoms with Crippen LogP contribution in [0, 0.1) is 0 Å². The molecule has 3 heterocycles. The summed E-state index contributed by atoms with van der Waals surface area (Å²) in [5, 5.41) is 9.58. The Morgan fingerprint density at radius 3 is 2.70 bits per heavy atom. The minimum atomic E-state index is 0.472. The topological polar surface area (TPSA) is 33.1 Å². The smallest absolute Gasteiger partial charge is 0.133 e. The molecule has 1 aromatic heterocycles. The summed E-state index contributed by atoms with van der Waals surface area (Å²) in [5.74, 6) is 1.62. The van der Waals surface area contributed by atoms with Crippen LogP contribution >= 0.6 is 11.6 Å². The SMILES string of the molecule is Clc1ccccc1-n1nc(C2CCCN(Cc3ccccc3)C2)c2c1NCCCC2. The molecule has 0 bridgehead atoms. The number of halogens is 1. The van der Waals surface area contributed by atoms with Crippen molar-refractivity contribution >= 4 is 17.4 Å². The molecule has 1 unspecified atom stereocenters. The fourth-order valence-electron chi connectivity index (χ4n) is 4.92. The van der Waals surface area contributed by atoms with Gasteiger partial charge in [0.05, 0.1) is 16.4 Å². The summed E-state index contributed by atoms with van der Waals surface area (Å²) in [6.45, 7) is 4.24. The highest BCUT2D eigenvalue weighted by atomic mass is 35.5. The van der Waals surface area contributed by atoms with E-state index in [0.29, 0.717) is 5.92 Å². The second-order valence-corrected chi connectivity index (χ2v) is 8.93. The third-order valence-electron chi connectivity index (χ3n) is 6.38. The number of hydrogen-bond donors (Lipinski definition) is 1. The predicted octanol–water partition coefficient (Wildman–Crippen LogP) is 5.65. The first-order chi connectivity index (χ1) is 14.8. The minimum Gasteiger partial charge on any atom is -0.370 e. The highest BCUT2D eigenvalue weighted by molar-refractivity contribution is 6.32. The van der Waals surface area contributed by atoms with E-state index in [9.17, 15) is 0 Å². The maximum absolute atomic E-state index is 6.55. The molecule has 2 aromatic carbocycles. The van der Waals surface area contributed by atoms with Gasteiger partial charge in [0, 0.05) is 31.1 Å². The van der Waals surface area contributed by atoms with E-state index in [1.807, 2.05) is 18.2 Å². The number of benzene rings is 2. The number of hydrogen-bond acceptors (Lipinski definition) is 3. The number of aromatic nitrogens is 2. The number of rotatable bonds is 4. The van der Waals surface area contributed by atoms with Crippen molar-refractivity contribution < 1.29 is 0 Å². The van der Waals surface area contributed by atoms with Gasteiger partial charge in [-0.3, -0.25) is 4.90 Å². The molecule has 5 rings (SSSR count). The monoisotopic (exact) mass is 420 g/mol. The van der Waals surface area contributed by atoms with Crippen molar-refractivity contribution in [2.24, 2.45) is 0 Å². The molecule has 2 aliphatic heterocycles. The van der Waals surface area contributed by atoms with E-state index in [0.717, 1.165) is 49.1 Å². The van der Waals surface area contributed by atoms with Crippen molar-refractivity contribution in [3.63, 3.8) is 0 Å². The second kappa shape index (κ2) is 8.83. The molecule has 0 radical (unpaired) electrons. The molecule has 0 aliphatic carbocycles. The van der Waals surface area contributed by atoms with Crippen molar-refractivity contribution in [1.82, 2.24) is 14.7 Å². The molecule has 30 heavy (non-hydrogen) atoms. The molecular weight excluding hydrogens is 392 g/mol. The molecule has 3 aromatic rings. The lowest BCUT2D eigenvalue weighted by Gasteiger charge is -2.32. The summed E-state index contributed by atoms with van der Waals surface area (Å²) in [4.78, 5) is 2.59. The Balaban J connectivity index is 1.47. The third-order valence-corrected chi connectivity index (χ3v) is 6.70. The molecule has 1 fully saturated rings. The van der Waals surface area contributed by atoms with Gasteiger partial charge in [-0.05, 0) is 56.3 Å². The van der Waals surface area contributed by atoms with Gasteiger partial charge in [0.25, 0.3) is 0 Å². The van der Waals surface area contributed by atoms with Gasteiger partial charge in [-0.2, -0.15) is 5.10 Å². The first-order valence-electron chi connectivity index (χ1n) is 11.2. The molecular formula is C25H29ClN4. The highest BCUT2D eigenvalue weighted by Crippen LogP contribution is 2.37. The van der Waals surface area contributed by atoms with Gasteiger partial charge in [-0.1, -0.05) is 54.1 Å². The Hall–Kier alpha value is -2.30. The molecule has 1 N–H and O–H groups in total. The van der Waals surface area contributed by atoms with Gasteiger partial charge >= 0.3 is 0 Å². The first-order valence-corrected chi connectivity index (χ1v) is 11.5. The number of fused-ring (bicyclic) bond motifs is 1. The van der Waals surface area contributed by atoms with E-state index in [4.69, 9.17) is 16.7 Å². The summed E-state index contributed by atoms with van der Waals surface area (Å²) in [7, 11) is 0. The lowest BCUT2D eigenvalue weighted by atomic mass is 9.91. The average molecular weight is 421 g/mol. The number of piperidine rings is 1. The zero-order chi connectivity index (χ0) is 20.3. The van der Waals surface area contributed by atoms with Gasteiger partial charge in [0.2, 0.25) is 0 Å². The van der Waals surface area contributed by atoms with Crippen LogP contribution in [0.4, 0.5) is 5.82 Å². The third kappa shape index (κ3) is 3.99. The van der Waals surface area contributed by atoms with Crippen LogP contribution in [-0.2, 0) is 13.0 Å². The van der Waals surface area contributed by atoms with Crippen LogP contribution in [0.2, 0.25) is 5.02 Å². The zero-order valence-electron chi connectivity index (χ0n) is 17.4. The lowest BCUT2D eigenvalue weighted by Crippen LogP contribution is -2.34. The summed E-state index contributed by atoms with van der Waals surface area (Å²) in [6.07, 6.45) is 5.93. The standard InChI is InChI=1S/C25H29ClN4/c26-22-13-4-5-14-23(22)30-25-21(12-6-7-15-27-25)24(28-30)20-11-8-16-29(18-20)17-19-9-2-1-3-10-19/h1-5,9-10,13-14,20,27H,6-8,11-12,15-18H2. The fourth-order valence-corrected chi connectivity index (χ4v) is 5.13. The molecule has 0 saturated carbocycles. The molecule has 5 heteroatoms. The fraction of sp³-hybridized carbons (Fsp3) is 0.400. The van der Waals surface area contributed by atoms with Crippen LogP contribution < -0.4 is 5.32 Å². The van der Waals surface area contributed by atoms with Gasteiger partial charge in [0.15, 0.2) is 0 Å². The number of para-hydroxylation sites is 1. The van der Waals surface area contributed by atoms with Crippen LogP contribution in [0.1, 0.15) is 48.4 Å². The highest BCUT2D eigenvalue weighted by Gasteiger charge is 2.29. The molecule has 4 nitrogen and oxygen atoms in total. The Bertz CT molecular complexity index is 998. The Morgan fingerprint density at radius 2 is 1.83 bits per heavy atom. The Kier molecular flexibility index (Phi) is 5.78. The zero-order valence-corrected chi connectivity index (χ0v) is 18.1. The van der Waals surface area contributed by atoms with Crippen LogP contribution in [0.15, 0.2) is 54.6 Å². The Morgan fingerprint density at radius 1 is 1.00 bits per heavy atom. The number of anilines is 1. The largest absolute Gasteiger partial charge is 0.370 e. The van der Waals surface area contributed by atoms with E-state index in [1.54, 1.807) is 0 Å². The van der Waals surface area contributed by atoms with Crippen LogP contribution in [0.25, 0.3) is 5.69 Å². The van der Waals surface area contributed by atoms with Crippen LogP contribution in [-0.4, -0.2) is 34.3 Å². The van der Waals surface area contributed by atoms with Crippen LogP contribution in [0.3, 0.4) is 0 Å². The number of likely N-dealkylation sites (tertiary alicyclic amines) is 1. The van der Waals surface area contributed by atoms with E-state index < -0.39 is 0 Å². The molecule has 2 aliphatic rings. The average Bonchev–Trinajstić information content (AvgIpc) is 2.96. The quantitative estimate of drug-likeness (QED) is 0.591. The summed E-state index contributed by atoms with van der Waals surface area (Å²) in [5.41, 5.74) is 5.03. The first kappa shape index (κ1) is 19.7. The predicted molar refractivity (Wildman–Crippen MR) is 124 cm³/mol. The lowest BCUT2D eigenvalue weighted by molar-refractivity contribution is 0.198. The molecule has 0 spiro atoms. The van der Waals surface area contributed by atoms with E-state index in [1.165, 1.54) is 42.5 Å². The van der Waals surface area contributed by atoms with Crippen molar-refractivity contribution in [2.75, 3.05) is 25.0 Å². The van der Waals surface area contributed by atoms with E-state index in [-0.39, 0.29) is 0 Å². The summed E-state index contributed by atoms with van der Waals surface area (Å²) < 4.78 is 2.06. The van der Waals surface area contributed by atoms with Gasteiger partial charge in [-0.25, -0.2) is 4.68 Å². The number of nitrogens with one attached hydrogen (secondary N) is 1. The summed E-state index contributed by atoms with van der Waals surface area (Å²) >= 11 is 6.55. The van der Waals surface area contributed by atoms with Gasteiger partial charge in [0.1, 0.15) is 5.82 Å². The second-order valence-electron chi connectivity index (χ2n) is 8.52. The number of nitrogens with zero attached hydrogens (tertiary/aromatic N) is 3. The maximum Gasteiger partial charge on any atom is 0.133 e. The van der Waals surface area contributed by atoms with Crippen LogP contribution in [0.5, 0.6) is 0 Å². The van der Waals surface area contributed by atoms with E-state index >= 15 is 0 Å². The molecule has 156 valence electrons. The summed E-state index contributed by atoms with van der Waals surface area (Å²) in [6, 6.07) is 18.8. The molecule has 0 amide bonds. The maximum atomic E-state index is 6.55. The van der Waals surface area contributed by atoms with E-state index in [2.05, 4.69) is 51.3 Å². The Labute approximate surface area is 183 Å². The van der Waals surface area contributed by atoms with Gasteiger partial charge in [-0.15, -0.1) is 0 Å². The molecule has 1 saturated heterocycles. The van der Waals surface area contributed by atoms with Crippen molar-refractivity contribution in [3.8, 4) is 5.69 Å².